The third kappa shape index (κ3) is 7.32. The number of hydrogen-bond donors (Lipinski definition) is 5. The third-order valence-corrected chi connectivity index (χ3v) is 4.62. The van der Waals surface area contributed by atoms with Crippen LogP contribution in [0, 0.1) is 5.41 Å². The summed E-state index contributed by atoms with van der Waals surface area (Å²) in [7, 11) is 0. The maximum Gasteiger partial charge on any atom is 0.408 e. The Morgan fingerprint density at radius 2 is 2.07 bits per heavy atom. The van der Waals surface area contributed by atoms with E-state index in [4.69, 9.17) is 15.9 Å². The number of hydrogen-bond acceptors (Lipinski definition) is 5. The summed E-state index contributed by atoms with van der Waals surface area (Å²) in [4.78, 5) is 37.7. The zero-order chi connectivity index (χ0) is 20.6. The van der Waals surface area contributed by atoms with Gasteiger partial charge in [0.25, 0.3) is 0 Å². The summed E-state index contributed by atoms with van der Waals surface area (Å²) in [5.41, 5.74) is 4.55. The Bertz CT molecular complexity index is 566. The average molecular weight is 385 g/mol. The Hall–Kier alpha value is -2.52. The first-order chi connectivity index (χ1) is 12.6. The van der Waals surface area contributed by atoms with Crippen molar-refractivity contribution in [2.45, 2.75) is 70.6 Å². The first-order valence-corrected chi connectivity index (χ1v) is 9.18. The van der Waals surface area contributed by atoms with E-state index in [1.165, 1.54) is 4.90 Å². The second-order valence-electron chi connectivity index (χ2n) is 7.21. The Morgan fingerprint density at radius 1 is 1.41 bits per heavy atom. The molecule has 0 radical (unpaired) electrons. The van der Waals surface area contributed by atoms with Crippen molar-refractivity contribution in [3.63, 3.8) is 0 Å². The molecule has 1 saturated heterocycles. The Kier molecular flexibility index (Phi) is 8.32. The van der Waals surface area contributed by atoms with Crippen molar-refractivity contribution >= 4 is 23.9 Å². The number of carbonyl (C=O) groups excluding carboxylic acids is 2. The lowest BCUT2D eigenvalue weighted by molar-refractivity contribution is -0.149. The van der Waals surface area contributed by atoms with Crippen molar-refractivity contribution in [2.24, 2.45) is 5.73 Å². The molecular weight excluding hydrogens is 354 g/mol. The number of alkyl carbamates (subject to hydrolysis) is 1. The van der Waals surface area contributed by atoms with Gasteiger partial charge in [0, 0.05) is 13.1 Å². The molecule has 27 heavy (non-hydrogen) atoms. The number of amides is 2. The van der Waals surface area contributed by atoms with Gasteiger partial charge < -0.3 is 31.1 Å². The highest BCUT2D eigenvalue weighted by Crippen LogP contribution is 2.20. The van der Waals surface area contributed by atoms with Crippen LogP contribution >= 0.6 is 0 Å². The van der Waals surface area contributed by atoms with Crippen LogP contribution in [0.25, 0.3) is 0 Å². The molecule has 2 amide bonds. The van der Waals surface area contributed by atoms with Crippen molar-refractivity contribution in [1.29, 1.82) is 5.41 Å². The molecule has 0 spiro atoms. The van der Waals surface area contributed by atoms with Crippen molar-refractivity contribution in [1.82, 2.24) is 15.5 Å². The number of guanidine groups is 1. The smallest absolute Gasteiger partial charge is 0.408 e. The van der Waals surface area contributed by atoms with E-state index in [1.807, 2.05) is 6.92 Å². The minimum absolute atomic E-state index is 0.180. The Morgan fingerprint density at radius 3 is 2.63 bits per heavy atom. The van der Waals surface area contributed by atoms with Gasteiger partial charge in [-0.25, -0.2) is 9.59 Å². The van der Waals surface area contributed by atoms with Gasteiger partial charge in [-0.2, -0.15) is 0 Å². The molecule has 1 rings (SSSR count). The van der Waals surface area contributed by atoms with E-state index in [-0.39, 0.29) is 12.4 Å². The number of aliphatic carboxylic acids is 1. The van der Waals surface area contributed by atoms with E-state index >= 15 is 0 Å². The van der Waals surface area contributed by atoms with Crippen LogP contribution in [0.2, 0.25) is 0 Å². The van der Waals surface area contributed by atoms with Gasteiger partial charge in [0.05, 0.1) is 0 Å². The largest absolute Gasteiger partial charge is 0.480 e. The first kappa shape index (κ1) is 22.5. The van der Waals surface area contributed by atoms with Gasteiger partial charge in [-0.1, -0.05) is 6.92 Å². The van der Waals surface area contributed by atoms with E-state index in [1.54, 1.807) is 13.8 Å². The molecule has 0 aliphatic carbocycles. The highest BCUT2D eigenvalue weighted by Gasteiger charge is 2.38. The zero-order valence-electron chi connectivity index (χ0n) is 16.2. The van der Waals surface area contributed by atoms with Crippen LogP contribution < -0.4 is 16.4 Å². The molecule has 1 aliphatic rings. The Labute approximate surface area is 159 Å². The summed E-state index contributed by atoms with van der Waals surface area (Å²) in [5, 5.41) is 21.7. The number of nitrogens with zero attached hydrogens (tertiary/aromatic N) is 1. The summed E-state index contributed by atoms with van der Waals surface area (Å²) >= 11 is 0. The molecular formula is C17H31N5O5. The third-order valence-electron chi connectivity index (χ3n) is 4.62. The fraction of sp³-hybridized carbons (Fsp3) is 0.765. The lowest BCUT2D eigenvalue weighted by atomic mass is 10.1. The van der Waals surface area contributed by atoms with Crippen molar-refractivity contribution in [3.05, 3.63) is 0 Å². The topological polar surface area (TPSA) is 158 Å². The zero-order valence-corrected chi connectivity index (χ0v) is 16.2. The number of nitrogens with one attached hydrogen (secondary N) is 3. The number of carbonyl (C=O) groups is 3. The lowest BCUT2D eigenvalue weighted by Crippen LogP contribution is -2.52. The predicted octanol–water partition coefficient (Wildman–Crippen LogP) is 0.609. The fourth-order valence-electron chi connectivity index (χ4n) is 2.77. The minimum atomic E-state index is -1.05. The van der Waals surface area contributed by atoms with Crippen LogP contribution in [0.1, 0.15) is 52.9 Å². The predicted molar refractivity (Wildman–Crippen MR) is 99.3 cm³/mol. The van der Waals surface area contributed by atoms with E-state index in [2.05, 4.69) is 10.6 Å². The number of ether oxygens (including phenoxy) is 1. The molecule has 0 aromatic carbocycles. The SMILES string of the molecule is CCC(C)(C)OC(=O)NC(CCCNC(=N)N)C(=O)N1CCCC1C(=O)O. The fourth-order valence-corrected chi connectivity index (χ4v) is 2.77. The molecule has 10 nitrogen and oxygen atoms in total. The van der Waals surface area contributed by atoms with E-state index in [0.29, 0.717) is 38.8 Å². The van der Waals surface area contributed by atoms with Gasteiger partial charge in [-0.15, -0.1) is 0 Å². The van der Waals surface area contributed by atoms with Crippen LogP contribution in [0.15, 0.2) is 0 Å². The summed E-state index contributed by atoms with van der Waals surface area (Å²) < 4.78 is 5.34. The highest BCUT2D eigenvalue weighted by atomic mass is 16.6. The molecule has 1 heterocycles. The summed E-state index contributed by atoms with van der Waals surface area (Å²) in [6.45, 7) is 6.11. The highest BCUT2D eigenvalue weighted by molar-refractivity contribution is 5.89. The van der Waals surface area contributed by atoms with Gasteiger partial charge in [0.15, 0.2) is 5.96 Å². The molecule has 0 bridgehead atoms. The molecule has 2 unspecified atom stereocenters. The van der Waals surface area contributed by atoms with Crippen LogP contribution in [0.4, 0.5) is 4.79 Å². The molecule has 1 fully saturated rings. The maximum absolute atomic E-state index is 12.9. The summed E-state index contributed by atoms with van der Waals surface area (Å²) in [6, 6.07) is -1.78. The molecule has 1 aliphatic heterocycles. The maximum atomic E-state index is 12.9. The van der Waals surface area contributed by atoms with Crippen molar-refractivity contribution in [3.8, 4) is 0 Å². The van der Waals surface area contributed by atoms with Crippen molar-refractivity contribution in [2.75, 3.05) is 13.1 Å². The quantitative estimate of drug-likeness (QED) is 0.221. The van der Waals surface area contributed by atoms with Crippen LogP contribution in [-0.4, -0.2) is 64.7 Å². The minimum Gasteiger partial charge on any atom is -0.480 e. The molecule has 10 heteroatoms. The van der Waals surface area contributed by atoms with Crippen LogP contribution in [-0.2, 0) is 14.3 Å². The van der Waals surface area contributed by atoms with Crippen LogP contribution in [0.5, 0.6) is 0 Å². The van der Waals surface area contributed by atoms with E-state index in [9.17, 15) is 19.5 Å². The van der Waals surface area contributed by atoms with Gasteiger partial charge in [-0.05, 0) is 46.0 Å². The van der Waals surface area contributed by atoms with E-state index < -0.39 is 35.7 Å². The molecule has 0 aromatic rings. The van der Waals surface area contributed by atoms with E-state index in [0.717, 1.165) is 0 Å². The average Bonchev–Trinajstić information content (AvgIpc) is 3.06. The van der Waals surface area contributed by atoms with Gasteiger partial charge >= 0.3 is 12.1 Å². The number of carboxylic acid groups (broad SMARTS) is 1. The van der Waals surface area contributed by atoms with Gasteiger partial charge in [0.1, 0.15) is 17.7 Å². The second-order valence-corrected chi connectivity index (χ2v) is 7.21. The number of rotatable bonds is 9. The summed E-state index contributed by atoms with van der Waals surface area (Å²) in [5.74, 6) is -1.66. The molecule has 2 atom stereocenters. The Balaban J connectivity index is 2.79. The second kappa shape index (κ2) is 9.98. The number of nitrogens with two attached hydrogens (primary N) is 1. The van der Waals surface area contributed by atoms with Gasteiger partial charge in [0.2, 0.25) is 5.91 Å². The number of carboxylic acids is 1. The standard InChI is InChI=1S/C17H31N5O5/c1-4-17(2,3)27-16(26)21-11(7-5-9-20-15(18)19)13(23)22-10-6-8-12(22)14(24)25/h11-12H,4-10H2,1-3H3,(H,21,26)(H,24,25)(H4,18,19,20). The normalized spacial score (nSPS) is 17.9. The monoisotopic (exact) mass is 385 g/mol. The number of likely N-dealkylation sites (tertiary alicyclic amines) is 1. The summed E-state index contributed by atoms with van der Waals surface area (Å²) in [6.07, 6.45) is 1.62. The van der Waals surface area contributed by atoms with Crippen molar-refractivity contribution < 1.29 is 24.2 Å². The molecule has 6 N–H and O–H groups in total. The molecule has 0 aromatic heterocycles. The lowest BCUT2D eigenvalue weighted by Gasteiger charge is -2.29. The first-order valence-electron chi connectivity index (χ1n) is 9.18. The van der Waals surface area contributed by atoms with Gasteiger partial charge in [-0.3, -0.25) is 10.2 Å². The molecule has 154 valence electrons. The molecule has 0 saturated carbocycles. The van der Waals surface area contributed by atoms with Crippen LogP contribution in [0.3, 0.4) is 0 Å².